The first-order valence-corrected chi connectivity index (χ1v) is 5.57. The van der Waals surface area contributed by atoms with Crippen LogP contribution in [0, 0.1) is 12.3 Å². The maximum absolute atomic E-state index is 11.8. The summed E-state index contributed by atoms with van der Waals surface area (Å²) >= 11 is 0. The highest BCUT2D eigenvalue weighted by atomic mass is 16.2. The lowest BCUT2D eigenvalue weighted by Crippen LogP contribution is -2.27. The van der Waals surface area contributed by atoms with Gasteiger partial charge in [-0.25, -0.2) is 0 Å². The second-order valence-corrected chi connectivity index (χ2v) is 4.23. The number of amides is 1. The molecule has 1 aromatic carbocycles. The second-order valence-electron chi connectivity index (χ2n) is 4.23. The Hall–Kier alpha value is -1.95. The van der Waals surface area contributed by atoms with Crippen LogP contribution in [0.15, 0.2) is 24.3 Å². The van der Waals surface area contributed by atoms with Crippen molar-refractivity contribution in [1.82, 2.24) is 4.90 Å². The molecule has 0 aliphatic heterocycles. The van der Waals surface area contributed by atoms with Crippen LogP contribution in [0.4, 0.5) is 5.69 Å². The minimum Gasteiger partial charge on any atom is -0.399 e. The van der Waals surface area contributed by atoms with E-state index in [0.29, 0.717) is 13.0 Å². The summed E-state index contributed by atoms with van der Waals surface area (Å²) in [5, 5.41) is 0. The number of carbonyl (C=O) groups excluding carboxylic acids is 1. The van der Waals surface area contributed by atoms with Crippen LogP contribution in [0.5, 0.6) is 0 Å². The van der Waals surface area contributed by atoms with E-state index in [9.17, 15) is 4.79 Å². The third kappa shape index (κ3) is 3.84. The third-order valence-electron chi connectivity index (χ3n) is 2.74. The number of anilines is 1. The van der Waals surface area contributed by atoms with Crippen molar-refractivity contribution in [2.24, 2.45) is 0 Å². The van der Waals surface area contributed by atoms with Crippen molar-refractivity contribution in [2.45, 2.75) is 19.3 Å². The smallest absolute Gasteiger partial charge is 0.223 e. The summed E-state index contributed by atoms with van der Waals surface area (Å²) < 4.78 is 0. The van der Waals surface area contributed by atoms with Gasteiger partial charge in [0.25, 0.3) is 0 Å². The molecule has 1 unspecified atom stereocenters. The van der Waals surface area contributed by atoms with Crippen molar-refractivity contribution in [3.63, 3.8) is 0 Å². The Labute approximate surface area is 103 Å². The molecule has 0 aliphatic carbocycles. The Morgan fingerprint density at radius 1 is 1.47 bits per heavy atom. The molecule has 0 saturated carbocycles. The fourth-order valence-corrected chi connectivity index (χ4v) is 1.59. The summed E-state index contributed by atoms with van der Waals surface area (Å²) in [5.74, 6) is 2.69. The summed E-state index contributed by atoms with van der Waals surface area (Å²) in [4.78, 5) is 13.4. The van der Waals surface area contributed by atoms with E-state index < -0.39 is 0 Å². The molecule has 0 bridgehead atoms. The molecule has 90 valence electrons. The van der Waals surface area contributed by atoms with E-state index in [1.54, 1.807) is 11.9 Å². The largest absolute Gasteiger partial charge is 0.399 e. The number of terminal acetylenes is 1. The van der Waals surface area contributed by atoms with Gasteiger partial charge in [0.05, 0.1) is 6.54 Å². The molecule has 1 rings (SSSR count). The Morgan fingerprint density at radius 2 is 2.06 bits per heavy atom. The van der Waals surface area contributed by atoms with Gasteiger partial charge in [-0.3, -0.25) is 4.79 Å². The summed E-state index contributed by atoms with van der Waals surface area (Å²) in [6.07, 6.45) is 5.63. The van der Waals surface area contributed by atoms with Crippen LogP contribution in [0.25, 0.3) is 0 Å². The minimum absolute atomic E-state index is 0.0623. The van der Waals surface area contributed by atoms with Gasteiger partial charge in [0.1, 0.15) is 0 Å². The summed E-state index contributed by atoms with van der Waals surface area (Å²) in [5.41, 5.74) is 7.46. The second kappa shape index (κ2) is 5.95. The van der Waals surface area contributed by atoms with Crippen LogP contribution < -0.4 is 5.73 Å². The van der Waals surface area contributed by atoms with E-state index in [4.69, 9.17) is 12.2 Å². The molecular weight excluding hydrogens is 212 g/mol. The minimum atomic E-state index is 0.0623. The van der Waals surface area contributed by atoms with E-state index in [2.05, 4.69) is 5.92 Å². The first-order chi connectivity index (χ1) is 8.04. The van der Waals surface area contributed by atoms with Crippen molar-refractivity contribution in [3.8, 4) is 12.3 Å². The first kappa shape index (κ1) is 13.1. The van der Waals surface area contributed by atoms with E-state index in [1.165, 1.54) is 0 Å². The molecule has 0 saturated heterocycles. The third-order valence-corrected chi connectivity index (χ3v) is 2.74. The molecule has 1 amide bonds. The maximum Gasteiger partial charge on any atom is 0.223 e. The zero-order valence-electron chi connectivity index (χ0n) is 10.3. The van der Waals surface area contributed by atoms with Crippen molar-refractivity contribution in [3.05, 3.63) is 29.8 Å². The van der Waals surface area contributed by atoms with E-state index >= 15 is 0 Å². The highest BCUT2D eigenvalue weighted by Crippen LogP contribution is 2.20. The van der Waals surface area contributed by atoms with Crippen LogP contribution in [-0.4, -0.2) is 24.4 Å². The lowest BCUT2D eigenvalue weighted by atomic mass is 9.97. The van der Waals surface area contributed by atoms with E-state index in [0.717, 1.165) is 11.3 Å². The monoisotopic (exact) mass is 230 g/mol. The molecule has 0 heterocycles. The molecule has 1 atom stereocenters. The fraction of sp³-hybridized carbons (Fsp3) is 0.357. The van der Waals surface area contributed by atoms with Gasteiger partial charge in [0.15, 0.2) is 0 Å². The number of nitrogen functional groups attached to an aromatic ring is 1. The number of carbonyl (C=O) groups is 1. The van der Waals surface area contributed by atoms with Crippen molar-refractivity contribution >= 4 is 11.6 Å². The molecule has 0 spiro atoms. The van der Waals surface area contributed by atoms with Gasteiger partial charge >= 0.3 is 0 Å². The van der Waals surface area contributed by atoms with Gasteiger partial charge in [-0.1, -0.05) is 25.0 Å². The molecular formula is C14H18N2O. The van der Waals surface area contributed by atoms with Crippen LogP contribution in [0.2, 0.25) is 0 Å². The topological polar surface area (TPSA) is 46.3 Å². The van der Waals surface area contributed by atoms with Gasteiger partial charge in [-0.15, -0.1) is 6.42 Å². The highest BCUT2D eigenvalue weighted by Gasteiger charge is 2.13. The normalized spacial score (nSPS) is 11.6. The molecule has 0 fully saturated rings. The molecule has 0 aliphatic rings. The fourth-order valence-electron chi connectivity index (χ4n) is 1.59. The molecule has 0 aromatic heterocycles. The zero-order chi connectivity index (χ0) is 12.8. The molecule has 2 N–H and O–H groups in total. The Bertz CT molecular complexity index is 417. The standard InChI is InChI=1S/C14H18N2O/c1-4-9-16(3)14(17)10-11(2)12-5-7-13(15)8-6-12/h1,5-8,11H,9-10,15H2,2-3H3. The maximum atomic E-state index is 11.8. The molecule has 3 nitrogen and oxygen atoms in total. The predicted octanol–water partition coefficient (Wildman–Crippen LogP) is 1.85. The Balaban J connectivity index is 2.60. The number of benzene rings is 1. The summed E-state index contributed by atoms with van der Waals surface area (Å²) in [6.45, 7) is 2.38. The first-order valence-electron chi connectivity index (χ1n) is 5.57. The molecule has 1 aromatic rings. The van der Waals surface area contributed by atoms with Crippen LogP contribution in [0.3, 0.4) is 0 Å². The number of rotatable bonds is 4. The van der Waals surface area contributed by atoms with Gasteiger partial charge in [-0.05, 0) is 23.6 Å². The van der Waals surface area contributed by atoms with Crippen LogP contribution in [0.1, 0.15) is 24.8 Å². The number of nitrogens with two attached hydrogens (primary N) is 1. The van der Waals surface area contributed by atoms with Crippen LogP contribution in [-0.2, 0) is 4.79 Å². The molecule has 17 heavy (non-hydrogen) atoms. The lowest BCUT2D eigenvalue weighted by Gasteiger charge is -2.17. The zero-order valence-corrected chi connectivity index (χ0v) is 10.3. The SMILES string of the molecule is C#CCN(C)C(=O)CC(C)c1ccc(N)cc1. The van der Waals surface area contributed by atoms with Crippen LogP contribution >= 0.6 is 0 Å². The van der Waals surface area contributed by atoms with E-state index in [1.807, 2.05) is 31.2 Å². The average molecular weight is 230 g/mol. The summed E-state index contributed by atoms with van der Waals surface area (Å²) in [7, 11) is 1.72. The van der Waals surface area contributed by atoms with Gasteiger partial charge < -0.3 is 10.6 Å². The van der Waals surface area contributed by atoms with Gasteiger partial charge in [0.2, 0.25) is 5.91 Å². The molecule has 3 heteroatoms. The number of hydrogen-bond acceptors (Lipinski definition) is 2. The quantitative estimate of drug-likeness (QED) is 0.634. The number of nitrogens with zero attached hydrogens (tertiary/aromatic N) is 1. The van der Waals surface area contributed by atoms with E-state index in [-0.39, 0.29) is 11.8 Å². The summed E-state index contributed by atoms with van der Waals surface area (Å²) in [6, 6.07) is 7.60. The predicted molar refractivity (Wildman–Crippen MR) is 70.4 cm³/mol. The Kier molecular flexibility index (Phi) is 4.59. The van der Waals surface area contributed by atoms with Gasteiger partial charge in [0, 0.05) is 19.2 Å². The lowest BCUT2D eigenvalue weighted by molar-refractivity contribution is -0.129. The van der Waals surface area contributed by atoms with Crippen molar-refractivity contribution < 1.29 is 4.79 Å². The average Bonchev–Trinajstić information content (AvgIpc) is 2.30. The number of hydrogen-bond donors (Lipinski definition) is 1. The molecule has 0 radical (unpaired) electrons. The van der Waals surface area contributed by atoms with Gasteiger partial charge in [-0.2, -0.15) is 0 Å². The Morgan fingerprint density at radius 3 is 2.59 bits per heavy atom. The van der Waals surface area contributed by atoms with Crippen molar-refractivity contribution in [1.29, 1.82) is 0 Å². The highest BCUT2D eigenvalue weighted by molar-refractivity contribution is 5.77. The van der Waals surface area contributed by atoms with Crippen molar-refractivity contribution in [2.75, 3.05) is 19.3 Å².